The molecule has 0 aromatic heterocycles. The van der Waals surface area contributed by atoms with E-state index < -0.39 is 17.6 Å². The summed E-state index contributed by atoms with van der Waals surface area (Å²) in [5.74, 6) is -2.19. The van der Waals surface area contributed by atoms with Crippen LogP contribution in [0.5, 0.6) is 0 Å². The van der Waals surface area contributed by atoms with Crippen LogP contribution in [0.3, 0.4) is 0 Å². The quantitative estimate of drug-likeness (QED) is 0.810. The van der Waals surface area contributed by atoms with Gasteiger partial charge in [-0.05, 0) is 41.9 Å². The third-order valence-electron chi connectivity index (χ3n) is 2.84. The normalized spacial score (nSPS) is 11.3. The van der Waals surface area contributed by atoms with Gasteiger partial charge in [-0.3, -0.25) is 9.69 Å². The number of nitrogens with zero attached hydrogens (tertiary/aromatic N) is 1. The highest BCUT2D eigenvalue weighted by Gasteiger charge is 2.18. The first-order chi connectivity index (χ1) is 8.82. The van der Waals surface area contributed by atoms with Gasteiger partial charge in [0.15, 0.2) is 0 Å². The summed E-state index contributed by atoms with van der Waals surface area (Å²) in [7, 11) is 0. The molecule has 0 aliphatic rings. The van der Waals surface area contributed by atoms with Gasteiger partial charge in [0, 0.05) is 24.7 Å². The molecule has 1 N–H and O–H groups in total. The topological polar surface area (TPSA) is 40.5 Å². The fourth-order valence-electron chi connectivity index (χ4n) is 1.68. The Bertz CT molecular complexity index is 466. The summed E-state index contributed by atoms with van der Waals surface area (Å²) in [5, 5.41) is 8.68. The number of aliphatic carboxylic acids is 1. The Labute approximate surface area is 119 Å². The molecule has 19 heavy (non-hydrogen) atoms. The predicted molar refractivity (Wildman–Crippen MR) is 71.9 cm³/mol. The highest BCUT2D eigenvalue weighted by Crippen LogP contribution is 2.23. The van der Waals surface area contributed by atoms with E-state index in [1.165, 1.54) is 12.1 Å². The van der Waals surface area contributed by atoms with Gasteiger partial charge in [-0.2, -0.15) is 0 Å². The molecule has 0 saturated heterocycles. The number of halogens is 3. The molecule has 106 valence electrons. The molecular formula is C13H16BrF2NO2. The summed E-state index contributed by atoms with van der Waals surface area (Å²) in [5.41, 5.74) is -0.0477. The molecule has 0 fully saturated rings. The molecule has 0 radical (unpaired) electrons. The molecule has 0 aliphatic carbocycles. The van der Waals surface area contributed by atoms with Crippen LogP contribution < -0.4 is 0 Å². The van der Waals surface area contributed by atoms with Gasteiger partial charge in [0.25, 0.3) is 0 Å². The van der Waals surface area contributed by atoms with Crippen molar-refractivity contribution in [3.8, 4) is 0 Å². The van der Waals surface area contributed by atoms with Crippen LogP contribution in [0, 0.1) is 11.6 Å². The molecule has 1 aromatic rings. The van der Waals surface area contributed by atoms with Gasteiger partial charge in [0.1, 0.15) is 11.6 Å². The molecule has 0 bridgehead atoms. The maximum Gasteiger partial charge on any atom is 0.304 e. The van der Waals surface area contributed by atoms with E-state index in [-0.39, 0.29) is 35.6 Å². The van der Waals surface area contributed by atoms with E-state index in [0.29, 0.717) is 0 Å². The maximum atomic E-state index is 13.9. The zero-order valence-corrected chi connectivity index (χ0v) is 12.4. The van der Waals surface area contributed by atoms with E-state index in [1.807, 2.05) is 13.8 Å². The molecular weight excluding hydrogens is 320 g/mol. The van der Waals surface area contributed by atoms with Crippen LogP contribution in [0.4, 0.5) is 8.78 Å². The predicted octanol–water partition coefficient (Wildman–Crippen LogP) is 3.41. The fraction of sp³-hybridized carbons (Fsp3) is 0.462. The molecule has 0 heterocycles. The second kappa shape index (κ2) is 6.96. The lowest BCUT2D eigenvalue weighted by Gasteiger charge is -2.26. The van der Waals surface area contributed by atoms with Crippen LogP contribution in [-0.2, 0) is 11.3 Å². The zero-order chi connectivity index (χ0) is 14.6. The molecule has 6 heteroatoms. The van der Waals surface area contributed by atoms with E-state index in [0.717, 1.165) is 0 Å². The van der Waals surface area contributed by atoms with Gasteiger partial charge >= 0.3 is 5.97 Å². The van der Waals surface area contributed by atoms with Gasteiger partial charge in [-0.1, -0.05) is 0 Å². The van der Waals surface area contributed by atoms with Gasteiger partial charge < -0.3 is 5.11 Å². The van der Waals surface area contributed by atoms with E-state index >= 15 is 0 Å². The molecule has 0 spiro atoms. The van der Waals surface area contributed by atoms with Crippen molar-refractivity contribution in [2.75, 3.05) is 6.54 Å². The maximum absolute atomic E-state index is 13.9. The average molecular weight is 336 g/mol. The Morgan fingerprint density at radius 2 is 2.05 bits per heavy atom. The molecule has 1 rings (SSSR count). The Morgan fingerprint density at radius 1 is 1.42 bits per heavy atom. The SMILES string of the molecule is CC(C)N(CCC(=O)O)Cc1c(F)ccc(Br)c1F. The number of rotatable bonds is 6. The molecule has 0 aliphatic heterocycles. The molecule has 0 atom stereocenters. The number of hydrogen-bond donors (Lipinski definition) is 1. The van der Waals surface area contributed by atoms with E-state index in [4.69, 9.17) is 5.11 Å². The van der Waals surface area contributed by atoms with E-state index in [1.54, 1.807) is 4.90 Å². The van der Waals surface area contributed by atoms with Crippen molar-refractivity contribution in [2.24, 2.45) is 0 Å². The smallest absolute Gasteiger partial charge is 0.304 e. The van der Waals surface area contributed by atoms with Crippen molar-refractivity contribution >= 4 is 21.9 Å². The third kappa shape index (κ3) is 4.54. The lowest BCUT2D eigenvalue weighted by atomic mass is 10.1. The number of hydrogen-bond acceptors (Lipinski definition) is 2. The summed E-state index contributed by atoms with van der Waals surface area (Å²) in [6.45, 7) is 4.01. The van der Waals surface area contributed by atoms with Crippen molar-refractivity contribution in [1.29, 1.82) is 0 Å². The van der Waals surface area contributed by atoms with Crippen LogP contribution in [-0.4, -0.2) is 28.6 Å². The van der Waals surface area contributed by atoms with E-state index in [9.17, 15) is 13.6 Å². The van der Waals surface area contributed by atoms with Crippen LogP contribution in [0.2, 0.25) is 0 Å². The average Bonchev–Trinajstić information content (AvgIpc) is 2.32. The highest BCUT2D eigenvalue weighted by molar-refractivity contribution is 9.10. The first kappa shape index (κ1) is 16.0. The summed E-state index contributed by atoms with van der Waals surface area (Å²) in [4.78, 5) is 12.3. The second-order valence-corrected chi connectivity index (χ2v) is 5.38. The van der Waals surface area contributed by atoms with Gasteiger partial charge in [-0.15, -0.1) is 0 Å². The summed E-state index contributed by atoms with van der Waals surface area (Å²) in [6, 6.07) is 2.50. The lowest BCUT2D eigenvalue weighted by molar-refractivity contribution is -0.137. The molecule has 0 unspecified atom stereocenters. The number of carboxylic acid groups (broad SMARTS) is 1. The Kier molecular flexibility index (Phi) is 5.87. The van der Waals surface area contributed by atoms with Crippen molar-refractivity contribution in [3.05, 3.63) is 33.8 Å². The van der Waals surface area contributed by atoms with Crippen LogP contribution >= 0.6 is 15.9 Å². The standard InChI is InChI=1S/C13H16BrF2NO2/c1-8(2)17(6-5-12(18)19)7-9-11(15)4-3-10(14)13(9)16/h3-4,8H,5-7H2,1-2H3,(H,18,19). The van der Waals surface area contributed by atoms with Crippen molar-refractivity contribution in [3.63, 3.8) is 0 Å². The van der Waals surface area contributed by atoms with Crippen molar-refractivity contribution < 1.29 is 18.7 Å². The minimum absolute atomic E-state index is 0.00266. The zero-order valence-electron chi connectivity index (χ0n) is 10.8. The van der Waals surface area contributed by atoms with Crippen LogP contribution in [0.25, 0.3) is 0 Å². The van der Waals surface area contributed by atoms with Gasteiger partial charge in [0.2, 0.25) is 0 Å². The molecule has 0 amide bonds. The minimum atomic E-state index is -0.930. The van der Waals surface area contributed by atoms with Crippen LogP contribution in [0.15, 0.2) is 16.6 Å². The van der Waals surface area contributed by atoms with Crippen LogP contribution in [0.1, 0.15) is 25.8 Å². The van der Waals surface area contributed by atoms with Gasteiger partial charge in [-0.25, -0.2) is 8.78 Å². The van der Waals surface area contributed by atoms with Crippen molar-refractivity contribution in [2.45, 2.75) is 32.9 Å². The van der Waals surface area contributed by atoms with Crippen molar-refractivity contribution in [1.82, 2.24) is 4.90 Å². The van der Waals surface area contributed by atoms with E-state index in [2.05, 4.69) is 15.9 Å². The summed E-state index contributed by atoms with van der Waals surface area (Å²) < 4.78 is 27.7. The largest absolute Gasteiger partial charge is 0.481 e. The fourth-order valence-corrected chi connectivity index (χ4v) is 2.05. The summed E-state index contributed by atoms with van der Waals surface area (Å²) in [6.07, 6.45) is -0.0601. The lowest BCUT2D eigenvalue weighted by Crippen LogP contribution is -2.33. The minimum Gasteiger partial charge on any atom is -0.481 e. The first-order valence-electron chi connectivity index (χ1n) is 5.91. The highest BCUT2D eigenvalue weighted by atomic mass is 79.9. The first-order valence-corrected chi connectivity index (χ1v) is 6.70. The summed E-state index contributed by atoms with van der Waals surface area (Å²) >= 11 is 3.02. The third-order valence-corrected chi connectivity index (χ3v) is 3.46. The molecule has 1 aromatic carbocycles. The van der Waals surface area contributed by atoms with Gasteiger partial charge in [0.05, 0.1) is 10.9 Å². The number of carboxylic acids is 1. The molecule has 3 nitrogen and oxygen atoms in total. The number of benzene rings is 1. The number of carbonyl (C=O) groups is 1. The Hall–Kier alpha value is -1.01. The monoisotopic (exact) mass is 335 g/mol. The molecule has 0 saturated carbocycles. The Balaban J connectivity index is 2.90. The second-order valence-electron chi connectivity index (χ2n) is 4.53. The Morgan fingerprint density at radius 3 is 2.58 bits per heavy atom.